The lowest BCUT2D eigenvalue weighted by molar-refractivity contribution is -0.115. The van der Waals surface area contributed by atoms with E-state index in [2.05, 4.69) is 15.6 Å². The normalized spacial score (nSPS) is 10.8. The quantitative estimate of drug-likeness (QED) is 0.746. The van der Waals surface area contributed by atoms with Crippen molar-refractivity contribution in [3.05, 3.63) is 71.2 Å². The van der Waals surface area contributed by atoms with Crippen LogP contribution in [0.25, 0.3) is 10.9 Å². The maximum absolute atomic E-state index is 13.3. The van der Waals surface area contributed by atoms with Crippen molar-refractivity contribution in [3.63, 3.8) is 0 Å². The van der Waals surface area contributed by atoms with E-state index in [0.29, 0.717) is 12.1 Å². The van der Waals surface area contributed by atoms with Gasteiger partial charge < -0.3 is 10.6 Å². The minimum absolute atomic E-state index is 0.0947. The third kappa shape index (κ3) is 4.19. The molecule has 0 aliphatic heterocycles. The van der Waals surface area contributed by atoms with E-state index < -0.39 is 0 Å². The summed E-state index contributed by atoms with van der Waals surface area (Å²) in [5.41, 5.74) is 4.30. The predicted molar refractivity (Wildman–Crippen MR) is 98.0 cm³/mol. The lowest BCUT2D eigenvalue weighted by Gasteiger charge is -2.11. The van der Waals surface area contributed by atoms with Crippen LogP contribution in [-0.4, -0.2) is 17.4 Å². The molecule has 0 spiro atoms. The van der Waals surface area contributed by atoms with Crippen LogP contribution in [0.1, 0.15) is 16.8 Å². The van der Waals surface area contributed by atoms with Gasteiger partial charge in [0.15, 0.2) is 0 Å². The van der Waals surface area contributed by atoms with Crippen molar-refractivity contribution in [3.8, 4) is 0 Å². The van der Waals surface area contributed by atoms with E-state index in [9.17, 15) is 9.18 Å². The number of hydrogen-bond donors (Lipinski definition) is 2. The van der Waals surface area contributed by atoms with Gasteiger partial charge in [-0.05, 0) is 49.2 Å². The van der Waals surface area contributed by atoms with Crippen LogP contribution in [0.3, 0.4) is 0 Å². The average Bonchev–Trinajstić information content (AvgIpc) is 2.57. The van der Waals surface area contributed by atoms with E-state index in [1.165, 1.54) is 12.1 Å². The molecule has 1 amide bonds. The summed E-state index contributed by atoms with van der Waals surface area (Å²) in [6.45, 7) is 4.56. The molecule has 128 valence electrons. The van der Waals surface area contributed by atoms with Crippen molar-refractivity contribution in [1.82, 2.24) is 10.3 Å². The number of amides is 1. The van der Waals surface area contributed by atoms with Gasteiger partial charge in [0.1, 0.15) is 5.82 Å². The van der Waals surface area contributed by atoms with Crippen LogP contribution in [0.2, 0.25) is 0 Å². The Bertz CT molecular complexity index is 924. The molecule has 3 rings (SSSR count). The van der Waals surface area contributed by atoms with Gasteiger partial charge in [0.25, 0.3) is 0 Å². The maximum Gasteiger partial charge on any atom is 0.238 e. The summed E-state index contributed by atoms with van der Waals surface area (Å²) in [6.07, 6.45) is 0. The van der Waals surface area contributed by atoms with Crippen molar-refractivity contribution in [2.75, 3.05) is 11.9 Å². The fourth-order valence-electron chi connectivity index (χ4n) is 2.68. The number of benzene rings is 2. The van der Waals surface area contributed by atoms with E-state index in [1.54, 1.807) is 6.07 Å². The molecule has 2 N–H and O–H groups in total. The molecular weight excluding hydrogens is 317 g/mol. The zero-order valence-electron chi connectivity index (χ0n) is 14.3. The highest BCUT2D eigenvalue weighted by molar-refractivity contribution is 5.92. The number of fused-ring (bicyclic) bond motifs is 1. The first-order valence-corrected chi connectivity index (χ1v) is 8.15. The number of nitrogens with one attached hydrogen (secondary N) is 2. The summed E-state index contributed by atoms with van der Waals surface area (Å²) in [5, 5.41) is 6.90. The van der Waals surface area contributed by atoms with Gasteiger partial charge in [-0.1, -0.05) is 18.2 Å². The second kappa shape index (κ2) is 7.40. The Morgan fingerprint density at radius 3 is 2.72 bits per heavy atom. The number of aryl methyl sites for hydroxylation is 2. The number of halogens is 1. The van der Waals surface area contributed by atoms with Crippen LogP contribution >= 0.6 is 0 Å². The SMILES string of the molecule is Cc1ccccc1NC(=O)CNCc1cc2ccc(F)cc2nc1C. The molecule has 1 heterocycles. The van der Waals surface area contributed by atoms with E-state index in [4.69, 9.17) is 0 Å². The van der Waals surface area contributed by atoms with Crippen LogP contribution in [-0.2, 0) is 11.3 Å². The van der Waals surface area contributed by atoms with E-state index >= 15 is 0 Å². The van der Waals surface area contributed by atoms with E-state index in [-0.39, 0.29) is 18.3 Å². The summed E-state index contributed by atoms with van der Waals surface area (Å²) in [7, 11) is 0. The molecule has 0 radical (unpaired) electrons. The first kappa shape index (κ1) is 17.0. The monoisotopic (exact) mass is 337 g/mol. The molecule has 4 nitrogen and oxygen atoms in total. The molecule has 5 heteroatoms. The highest BCUT2D eigenvalue weighted by Gasteiger charge is 2.07. The van der Waals surface area contributed by atoms with Crippen molar-refractivity contribution in [2.24, 2.45) is 0 Å². The Balaban J connectivity index is 1.61. The van der Waals surface area contributed by atoms with Crippen LogP contribution in [0.5, 0.6) is 0 Å². The van der Waals surface area contributed by atoms with Gasteiger partial charge in [0, 0.05) is 29.4 Å². The Hall–Kier alpha value is -2.79. The van der Waals surface area contributed by atoms with Gasteiger partial charge in [0.2, 0.25) is 5.91 Å². The van der Waals surface area contributed by atoms with Crippen molar-refractivity contribution in [2.45, 2.75) is 20.4 Å². The number of anilines is 1. The second-order valence-electron chi connectivity index (χ2n) is 6.04. The number of aromatic nitrogens is 1. The summed E-state index contributed by atoms with van der Waals surface area (Å²) >= 11 is 0. The van der Waals surface area contributed by atoms with Gasteiger partial charge in [-0.3, -0.25) is 9.78 Å². The third-order valence-corrected chi connectivity index (χ3v) is 4.10. The molecule has 25 heavy (non-hydrogen) atoms. The number of carbonyl (C=O) groups excluding carboxylic acids is 1. The standard InChI is InChI=1S/C20H20FN3O/c1-13-5-3-4-6-18(13)24-20(25)12-22-11-16-9-15-7-8-17(21)10-19(15)23-14(16)2/h3-10,22H,11-12H2,1-2H3,(H,24,25). The molecule has 0 bridgehead atoms. The number of hydrogen-bond acceptors (Lipinski definition) is 3. The summed E-state index contributed by atoms with van der Waals surface area (Å²) in [6, 6.07) is 14.2. The third-order valence-electron chi connectivity index (χ3n) is 4.10. The summed E-state index contributed by atoms with van der Waals surface area (Å²) in [5.74, 6) is -0.388. The molecule has 0 aliphatic carbocycles. The van der Waals surface area contributed by atoms with Gasteiger partial charge in [-0.2, -0.15) is 0 Å². The Morgan fingerprint density at radius 2 is 1.92 bits per heavy atom. The van der Waals surface area contributed by atoms with Gasteiger partial charge >= 0.3 is 0 Å². The van der Waals surface area contributed by atoms with Crippen molar-refractivity contribution >= 4 is 22.5 Å². The van der Waals surface area contributed by atoms with Crippen molar-refractivity contribution < 1.29 is 9.18 Å². The molecule has 1 aromatic heterocycles. The zero-order valence-corrected chi connectivity index (χ0v) is 14.3. The van der Waals surface area contributed by atoms with Crippen LogP contribution in [0.15, 0.2) is 48.5 Å². The Morgan fingerprint density at radius 1 is 1.12 bits per heavy atom. The fourth-order valence-corrected chi connectivity index (χ4v) is 2.68. The molecule has 0 aliphatic rings. The number of carbonyl (C=O) groups is 1. The summed E-state index contributed by atoms with van der Waals surface area (Å²) < 4.78 is 13.3. The molecule has 2 aromatic carbocycles. The number of para-hydroxylation sites is 1. The molecule has 0 saturated heterocycles. The van der Waals surface area contributed by atoms with E-state index in [0.717, 1.165) is 27.9 Å². The van der Waals surface area contributed by atoms with Gasteiger partial charge in [-0.15, -0.1) is 0 Å². The second-order valence-corrected chi connectivity index (χ2v) is 6.04. The summed E-state index contributed by atoms with van der Waals surface area (Å²) in [4.78, 5) is 16.5. The number of rotatable bonds is 5. The maximum atomic E-state index is 13.3. The first-order valence-electron chi connectivity index (χ1n) is 8.15. The molecule has 0 saturated carbocycles. The van der Waals surface area contributed by atoms with E-state index in [1.807, 2.05) is 44.2 Å². The van der Waals surface area contributed by atoms with Crippen molar-refractivity contribution in [1.29, 1.82) is 0 Å². The molecule has 0 unspecified atom stereocenters. The molecular formula is C20H20FN3O. The Labute approximate surface area is 146 Å². The zero-order chi connectivity index (χ0) is 17.8. The lowest BCUT2D eigenvalue weighted by Crippen LogP contribution is -2.28. The van der Waals surface area contributed by atoms with Crippen LogP contribution in [0.4, 0.5) is 10.1 Å². The highest BCUT2D eigenvalue weighted by Crippen LogP contribution is 2.17. The number of pyridine rings is 1. The average molecular weight is 337 g/mol. The predicted octanol–water partition coefficient (Wildman–Crippen LogP) is 3.72. The largest absolute Gasteiger partial charge is 0.325 e. The van der Waals surface area contributed by atoms with Gasteiger partial charge in [0.05, 0.1) is 12.1 Å². The Kier molecular flexibility index (Phi) is 5.05. The molecule has 3 aromatic rings. The van der Waals surface area contributed by atoms with Crippen LogP contribution < -0.4 is 10.6 Å². The number of nitrogens with zero attached hydrogens (tertiary/aromatic N) is 1. The lowest BCUT2D eigenvalue weighted by atomic mass is 10.1. The highest BCUT2D eigenvalue weighted by atomic mass is 19.1. The molecule has 0 fully saturated rings. The fraction of sp³-hybridized carbons (Fsp3) is 0.200. The first-order chi connectivity index (χ1) is 12.0. The smallest absolute Gasteiger partial charge is 0.238 e. The molecule has 0 atom stereocenters. The minimum atomic E-state index is -0.293. The topological polar surface area (TPSA) is 54.0 Å². The minimum Gasteiger partial charge on any atom is -0.325 e. The van der Waals surface area contributed by atoms with Crippen LogP contribution in [0, 0.1) is 19.7 Å². The van der Waals surface area contributed by atoms with Gasteiger partial charge in [-0.25, -0.2) is 4.39 Å².